The predicted octanol–water partition coefficient (Wildman–Crippen LogP) is 0.738. The van der Waals surface area contributed by atoms with Gasteiger partial charge in [0.25, 0.3) is 0 Å². The average molecular weight is 238 g/mol. The Balaban J connectivity index is 2.47. The molecule has 17 heavy (non-hydrogen) atoms. The fourth-order valence-corrected chi connectivity index (χ4v) is 2.14. The Kier molecular flexibility index (Phi) is 3.40. The van der Waals surface area contributed by atoms with Gasteiger partial charge in [0.15, 0.2) is 0 Å². The van der Waals surface area contributed by atoms with Crippen LogP contribution in [0.15, 0.2) is 12.1 Å². The Morgan fingerprint density at radius 2 is 2.18 bits per heavy atom. The van der Waals surface area contributed by atoms with Gasteiger partial charge in [-0.15, -0.1) is 0 Å². The highest BCUT2D eigenvalue weighted by molar-refractivity contribution is 5.64. The number of aliphatic hydroxyl groups excluding tert-OH is 1. The third-order valence-corrected chi connectivity index (χ3v) is 3.17. The molecule has 0 amide bonds. The summed E-state index contributed by atoms with van der Waals surface area (Å²) in [5.74, 6) is 1.33. The van der Waals surface area contributed by atoms with E-state index in [4.69, 9.17) is 15.2 Å². The van der Waals surface area contributed by atoms with E-state index in [2.05, 4.69) is 5.32 Å². The van der Waals surface area contributed by atoms with Crippen LogP contribution >= 0.6 is 0 Å². The highest BCUT2D eigenvalue weighted by Gasteiger charge is 2.30. The smallest absolute Gasteiger partial charge is 0.130 e. The normalized spacial score (nSPS) is 22.6. The van der Waals surface area contributed by atoms with Gasteiger partial charge < -0.3 is 25.6 Å². The summed E-state index contributed by atoms with van der Waals surface area (Å²) in [7, 11) is 3.18. The summed E-state index contributed by atoms with van der Waals surface area (Å²) in [5.41, 5.74) is 7.24. The molecule has 0 fully saturated rings. The van der Waals surface area contributed by atoms with Crippen molar-refractivity contribution in [1.29, 1.82) is 0 Å². The van der Waals surface area contributed by atoms with Crippen molar-refractivity contribution in [3.05, 3.63) is 17.7 Å². The van der Waals surface area contributed by atoms with Crippen LogP contribution in [0.5, 0.6) is 11.5 Å². The summed E-state index contributed by atoms with van der Waals surface area (Å²) in [6, 6.07) is 3.62. The summed E-state index contributed by atoms with van der Waals surface area (Å²) >= 11 is 0. The minimum atomic E-state index is -0.600. The van der Waals surface area contributed by atoms with Crippen molar-refractivity contribution in [2.24, 2.45) is 11.7 Å². The van der Waals surface area contributed by atoms with Gasteiger partial charge in [0.1, 0.15) is 11.5 Å². The van der Waals surface area contributed by atoms with Gasteiger partial charge in [-0.2, -0.15) is 0 Å². The van der Waals surface area contributed by atoms with Gasteiger partial charge in [0.2, 0.25) is 0 Å². The lowest BCUT2D eigenvalue weighted by Crippen LogP contribution is -2.33. The molecule has 0 bridgehead atoms. The van der Waals surface area contributed by atoms with Crippen LogP contribution in [0.1, 0.15) is 11.7 Å². The summed E-state index contributed by atoms with van der Waals surface area (Å²) in [5, 5.41) is 13.5. The van der Waals surface area contributed by atoms with E-state index in [1.54, 1.807) is 20.3 Å². The number of hydrogen-bond donors (Lipinski definition) is 3. The largest absolute Gasteiger partial charge is 0.497 e. The number of anilines is 1. The molecule has 4 N–H and O–H groups in total. The van der Waals surface area contributed by atoms with E-state index in [0.717, 1.165) is 11.3 Å². The molecule has 5 heteroatoms. The number of fused-ring (bicyclic) bond motifs is 1. The molecule has 2 atom stereocenters. The lowest BCUT2D eigenvalue weighted by Gasteiger charge is -2.31. The zero-order valence-corrected chi connectivity index (χ0v) is 10.1. The monoisotopic (exact) mass is 238 g/mol. The Bertz CT molecular complexity index is 392. The minimum absolute atomic E-state index is 0.00444. The molecule has 94 valence electrons. The number of hydrogen-bond acceptors (Lipinski definition) is 5. The molecule has 0 unspecified atom stereocenters. The maximum atomic E-state index is 10.3. The first-order valence-electron chi connectivity index (χ1n) is 5.59. The van der Waals surface area contributed by atoms with Crippen LogP contribution in [0.25, 0.3) is 0 Å². The van der Waals surface area contributed by atoms with Gasteiger partial charge in [0, 0.05) is 35.8 Å². The Labute approximate surface area is 101 Å². The van der Waals surface area contributed by atoms with Crippen LogP contribution in [0, 0.1) is 5.92 Å². The lowest BCUT2D eigenvalue weighted by molar-refractivity contribution is 0.111. The summed E-state index contributed by atoms with van der Waals surface area (Å²) in [6.45, 7) is 1.09. The number of rotatable bonds is 3. The van der Waals surface area contributed by atoms with Gasteiger partial charge in [-0.25, -0.2) is 0 Å². The molecule has 1 aliphatic rings. The molecule has 5 nitrogen and oxygen atoms in total. The number of nitrogens with two attached hydrogens (primary N) is 1. The van der Waals surface area contributed by atoms with Crippen LogP contribution < -0.4 is 20.5 Å². The molecular weight excluding hydrogens is 220 g/mol. The first-order valence-corrected chi connectivity index (χ1v) is 5.59. The van der Waals surface area contributed by atoms with Crippen molar-refractivity contribution < 1.29 is 14.6 Å². The Hall–Kier alpha value is -1.46. The van der Waals surface area contributed by atoms with E-state index < -0.39 is 6.10 Å². The molecule has 0 aliphatic carbocycles. The first-order chi connectivity index (χ1) is 8.21. The highest BCUT2D eigenvalue weighted by atomic mass is 16.5. The summed E-state index contributed by atoms with van der Waals surface area (Å²) < 4.78 is 10.5. The second kappa shape index (κ2) is 4.81. The fourth-order valence-electron chi connectivity index (χ4n) is 2.14. The third kappa shape index (κ3) is 2.03. The lowest BCUT2D eigenvalue weighted by atomic mass is 9.90. The SMILES string of the molecule is COc1cc2c(c(OC)c1)[C@@H](O)[C@H](CN)CN2. The van der Waals surface area contributed by atoms with E-state index >= 15 is 0 Å². The molecule has 1 heterocycles. The standard InChI is InChI=1S/C12H18N2O3/c1-16-8-3-9-11(10(4-8)17-2)12(15)7(5-13)6-14-9/h3-4,7,12,14-15H,5-6,13H2,1-2H3/t7-,12+/m1/s1. The maximum absolute atomic E-state index is 10.3. The number of benzene rings is 1. The van der Waals surface area contributed by atoms with Crippen LogP contribution in [-0.2, 0) is 0 Å². The predicted molar refractivity (Wildman–Crippen MR) is 65.5 cm³/mol. The van der Waals surface area contributed by atoms with Crippen LogP contribution in [-0.4, -0.2) is 32.4 Å². The van der Waals surface area contributed by atoms with Crippen molar-refractivity contribution in [2.75, 3.05) is 32.6 Å². The van der Waals surface area contributed by atoms with Gasteiger partial charge in [-0.1, -0.05) is 0 Å². The molecule has 2 rings (SSSR count). The van der Waals surface area contributed by atoms with E-state index in [1.807, 2.05) is 6.07 Å². The number of aliphatic hydroxyl groups is 1. The van der Waals surface area contributed by atoms with Gasteiger partial charge >= 0.3 is 0 Å². The Morgan fingerprint density at radius 3 is 2.76 bits per heavy atom. The van der Waals surface area contributed by atoms with Crippen molar-refractivity contribution in [1.82, 2.24) is 0 Å². The van der Waals surface area contributed by atoms with E-state index in [9.17, 15) is 5.11 Å². The minimum Gasteiger partial charge on any atom is -0.497 e. The second-order valence-corrected chi connectivity index (χ2v) is 4.11. The van der Waals surface area contributed by atoms with E-state index in [1.165, 1.54) is 0 Å². The van der Waals surface area contributed by atoms with Gasteiger partial charge in [-0.05, 0) is 6.54 Å². The molecule has 0 aromatic heterocycles. The highest BCUT2D eigenvalue weighted by Crippen LogP contribution is 2.42. The molecule has 1 aromatic carbocycles. The quantitative estimate of drug-likeness (QED) is 0.724. The molecule has 0 radical (unpaired) electrons. The number of methoxy groups -OCH3 is 2. The molecule has 0 saturated heterocycles. The topological polar surface area (TPSA) is 76.7 Å². The van der Waals surface area contributed by atoms with Gasteiger partial charge in [-0.3, -0.25) is 0 Å². The van der Waals surface area contributed by atoms with Crippen LogP contribution in [0.2, 0.25) is 0 Å². The zero-order valence-electron chi connectivity index (χ0n) is 10.1. The van der Waals surface area contributed by atoms with E-state index in [0.29, 0.717) is 24.6 Å². The van der Waals surface area contributed by atoms with Crippen molar-refractivity contribution in [2.45, 2.75) is 6.10 Å². The van der Waals surface area contributed by atoms with Crippen molar-refractivity contribution in [3.8, 4) is 11.5 Å². The third-order valence-electron chi connectivity index (χ3n) is 3.17. The van der Waals surface area contributed by atoms with Crippen LogP contribution in [0.3, 0.4) is 0 Å². The fraction of sp³-hybridized carbons (Fsp3) is 0.500. The molecule has 1 aromatic rings. The Morgan fingerprint density at radius 1 is 1.41 bits per heavy atom. The molecule has 1 aliphatic heterocycles. The summed E-state index contributed by atoms with van der Waals surface area (Å²) in [4.78, 5) is 0. The molecule has 0 spiro atoms. The number of nitrogens with one attached hydrogen (secondary N) is 1. The van der Waals surface area contributed by atoms with Crippen molar-refractivity contribution in [3.63, 3.8) is 0 Å². The average Bonchev–Trinajstić information content (AvgIpc) is 2.37. The summed E-state index contributed by atoms with van der Waals surface area (Å²) in [6.07, 6.45) is -0.600. The number of ether oxygens (including phenoxy) is 2. The van der Waals surface area contributed by atoms with Gasteiger partial charge in [0.05, 0.1) is 20.3 Å². The van der Waals surface area contributed by atoms with Crippen molar-refractivity contribution >= 4 is 5.69 Å². The van der Waals surface area contributed by atoms with E-state index in [-0.39, 0.29) is 5.92 Å². The first kappa shape index (κ1) is 12.0. The van der Waals surface area contributed by atoms with Crippen LogP contribution in [0.4, 0.5) is 5.69 Å². The molecular formula is C12H18N2O3. The second-order valence-electron chi connectivity index (χ2n) is 4.11. The zero-order chi connectivity index (χ0) is 12.4. The molecule has 0 saturated carbocycles. The maximum Gasteiger partial charge on any atom is 0.130 e.